The molecule has 8 nitrogen and oxygen atoms in total. The van der Waals surface area contributed by atoms with E-state index in [1.165, 1.54) is 11.0 Å². The zero-order valence-electron chi connectivity index (χ0n) is 22.3. The van der Waals surface area contributed by atoms with E-state index in [2.05, 4.69) is 5.32 Å². The molecule has 1 saturated heterocycles. The molecule has 1 atom stereocenters. The van der Waals surface area contributed by atoms with Gasteiger partial charge in [-0.25, -0.2) is 9.18 Å². The van der Waals surface area contributed by atoms with Gasteiger partial charge in [-0.2, -0.15) is 0 Å². The highest BCUT2D eigenvalue weighted by molar-refractivity contribution is 7.80. The first-order chi connectivity index (χ1) is 19.3. The highest BCUT2D eigenvalue weighted by atomic mass is 32.1. The van der Waals surface area contributed by atoms with Crippen LogP contribution in [0.2, 0.25) is 0 Å². The summed E-state index contributed by atoms with van der Waals surface area (Å²) < 4.78 is 25.2. The number of carbonyl (C=O) groups excluding carboxylic acids is 3. The molecule has 3 aromatic rings. The summed E-state index contributed by atoms with van der Waals surface area (Å²) in [5.74, 6) is -1.06. The van der Waals surface area contributed by atoms with Crippen LogP contribution in [0.1, 0.15) is 42.6 Å². The third kappa shape index (κ3) is 6.63. The molecule has 0 bridgehead atoms. The number of rotatable bonds is 11. The molecule has 1 N–H and O–H groups in total. The molecule has 0 aliphatic carbocycles. The third-order valence-electron chi connectivity index (χ3n) is 6.24. The summed E-state index contributed by atoms with van der Waals surface area (Å²) in [6.07, 6.45) is 0.671. The molecule has 1 fully saturated rings. The molecular weight excluding hydrogens is 533 g/mol. The molecule has 1 aliphatic heterocycles. The molecule has 1 heterocycles. The summed E-state index contributed by atoms with van der Waals surface area (Å²) in [6.45, 7) is 4.55. The quantitative estimate of drug-likeness (QED) is 0.250. The van der Waals surface area contributed by atoms with Crippen LogP contribution >= 0.6 is 12.2 Å². The van der Waals surface area contributed by atoms with Crippen molar-refractivity contribution in [2.24, 2.45) is 0 Å². The zero-order chi connectivity index (χ0) is 28.6. The lowest BCUT2D eigenvalue weighted by Crippen LogP contribution is -2.37. The van der Waals surface area contributed by atoms with E-state index in [-0.39, 0.29) is 24.7 Å². The molecular formula is C30H30FN3O5S. The van der Waals surface area contributed by atoms with Crippen LogP contribution in [0.25, 0.3) is 0 Å². The van der Waals surface area contributed by atoms with Crippen molar-refractivity contribution in [2.45, 2.75) is 39.3 Å². The average Bonchev–Trinajstić information content (AvgIpc) is 3.17. The predicted octanol–water partition coefficient (Wildman–Crippen LogP) is 5.32. The molecule has 3 aromatic carbocycles. The van der Waals surface area contributed by atoms with Crippen molar-refractivity contribution in [3.05, 3.63) is 89.7 Å². The number of amides is 2. The number of esters is 1. The molecule has 208 valence electrons. The number of halogens is 1. The summed E-state index contributed by atoms with van der Waals surface area (Å²) in [6, 6.07) is 18.5. The number of hydrogen-bond acceptors (Lipinski definition) is 6. The monoisotopic (exact) mass is 563 g/mol. The molecule has 0 unspecified atom stereocenters. The van der Waals surface area contributed by atoms with Gasteiger partial charge in [-0.15, -0.1) is 0 Å². The van der Waals surface area contributed by atoms with Crippen LogP contribution in [-0.2, 0) is 20.9 Å². The van der Waals surface area contributed by atoms with Gasteiger partial charge in [0.25, 0.3) is 5.91 Å². The lowest BCUT2D eigenvalue weighted by molar-refractivity contribution is -0.124. The van der Waals surface area contributed by atoms with E-state index in [0.29, 0.717) is 34.9 Å². The summed E-state index contributed by atoms with van der Waals surface area (Å²) in [7, 11) is 0. The van der Waals surface area contributed by atoms with Gasteiger partial charge < -0.3 is 19.7 Å². The Morgan fingerprint density at radius 1 is 1.00 bits per heavy atom. The van der Waals surface area contributed by atoms with Crippen molar-refractivity contribution in [3.63, 3.8) is 0 Å². The second kappa shape index (κ2) is 13.2. The Kier molecular flexibility index (Phi) is 9.44. The predicted molar refractivity (Wildman–Crippen MR) is 154 cm³/mol. The van der Waals surface area contributed by atoms with Crippen LogP contribution < -0.4 is 15.0 Å². The molecule has 1 aliphatic rings. The smallest absolute Gasteiger partial charge is 0.338 e. The minimum Gasteiger partial charge on any atom is -0.494 e. The van der Waals surface area contributed by atoms with Gasteiger partial charge in [0.05, 0.1) is 30.9 Å². The Morgan fingerprint density at radius 3 is 2.35 bits per heavy atom. The Hall–Kier alpha value is -4.31. The van der Waals surface area contributed by atoms with Crippen molar-refractivity contribution in [3.8, 4) is 5.75 Å². The maximum atomic E-state index is 14.6. The largest absolute Gasteiger partial charge is 0.494 e. The fraction of sp³-hybridized carbons (Fsp3) is 0.267. The number of nitrogens with one attached hydrogen (secondary N) is 1. The van der Waals surface area contributed by atoms with E-state index in [9.17, 15) is 18.8 Å². The van der Waals surface area contributed by atoms with Crippen molar-refractivity contribution in [1.82, 2.24) is 4.90 Å². The van der Waals surface area contributed by atoms with Crippen molar-refractivity contribution in [1.29, 1.82) is 0 Å². The molecule has 0 saturated carbocycles. The fourth-order valence-corrected chi connectivity index (χ4v) is 4.65. The van der Waals surface area contributed by atoms with Crippen LogP contribution in [0.4, 0.5) is 15.8 Å². The van der Waals surface area contributed by atoms with Gasteiger partial charge in [0.1, 0.15) is 17.6 Å². The molecule has 0 radical (unpaired) electrons. The minimum atomic E-state index is -0.969. The van der Waals surface area contributed by atoms with Crippen molar-refractivity contribution < 1.29 is 28.2 Å². The Bertz CT molecular complexity index is 1380. The zero-order valence-corrected chi connectivity index (χ0v) is 23.1. The van der Waals surface area contributed by atoms with E-state index in [1.807, 2.05) is 6.92 Å². The van der Waals surface area contributed by atoms with Crippen molar-refractivity contribution >= 4 is 46.5 Å². The number of anilines is 2. The van der Waals surface area contributed by atoms with Gasteiger partial charge in [-0.05, 0) is 80.2 Å². The standard InChI is InChI=1S/C30H30FN3O5S/c1-3-17-39-24-15-11-22(12-16-24)32-27(35)18-26-28(36)34(23-13-9-20(10-14-23)29(37)38-4-2)30(40)33(26)19-21-7-5-6-8-25(21)31/h5-16,26H,3-4,17-19H2,1-2H3,(H,32,35)/t26-/m1/s1. The van der Waals surface area contributed by atoms with Gasteiger partial charge in [-0.1, -0.05) is 25.1 Å². The molecule has 0 spiro atoms. The van der Waals surface area contributed by atoms with Crippen molar-refractivity contribution in [2.75, 3.05) is 23.4 Å². The van der Waals surface area contributed by atoms with Gasteiger partial charge >= 0.3 is 5.97 Å². The molecule has 10 heteroatoms. The number of thiocarbonyl (C=S) groups is 1. The van der Waals surface area contributed by atoms with Gasteiger partial charge in [0, 0.05) is 17.8 Å². The maximum Gasteiger partial charge on any atom is 0.338 e. The van der Waals surface area contributed by atoms with E-state index in [1.54, 1.807) is 78.6 Å². The number of carbonyl (C=O) groups is 3. The number of ether oxygens (including phenoxy) is 2. The number of hydrogen-bond donors (Lipinski definition) is 1. The molecule has 0 aromatic heterocycles. The third-order valence-corrected chi connectivity index (χ3v) is 6.66. The van der Waals surface area contributed by atoms with Crippen LogP contribution in [0, 0.1) is 5.82 Å². The second-order valence-corrected chi connectivity index (χ2v) is 9.45. The van der Waals surface area contributed by atoms with Crippen LogP contribution in [0.15, 0.2) is 72.8 Å². The van der Waals surface area contributed by atoms with Crippen LogP contribution in [0.5, 0.6) is 5.75 Å². The number of benzene rings is 3. The van der Waals surface area contributed by atoms with Gasteiger partial charge in [-0.3, -0.25) is 14.5 Å². The first-order valence-electron chi connectivity index (χ1n) is 13.0. The normalized spacial score (nSPS) is 14.8. The number of nitrogens with zero attached hydrogens (tertiary/aromatic N) is 2. The van der Waals surface area contributed by atoms with Crippen LogP contribution in [-0.4, -0.2) is 47.1 Å². The first-order valence-corrected chi connectivity index (χ1v) is 13.4. The SMILES string of the molecule is CCCOc1ccc(NC(=O)C[C@@H]2C(=O)N(c3ccc(C(=O)OCC)cc3)C(=S)N2Cc2ccccc2F)cc1. The van der Waals surface area contributed by atoms with E-state index in [4.69, 9.17) is 21.7 Å². The highest BCUT2D eigenvalue weighted by Crippen LogP contribution is 2.30. The molecule has 4 rings (SSSR count). The molecule has 40 heavy (non-hydrogen) atoms. The summed E-state index contributed by atoms with van der Waals surface area (Å²) in [4.78, 5) is 41.6. The minimum absolute atomic E-state index is 0.00390. The summed E-state index contributed by atoms with van der Waals surface area (Å²) in [5.41, 5.74) is 1.64. The highest BCUT2D eigenvalue weighted by Gasteiger charge is 2.44. The molecule has 2 amide bonds. The van der Waals surface area contributed by atoms with E-state index >= 15 is 0 Å². The average molecular weight is 564 g/mol. The maximum absolute atomic E-state index is 14.6. The summed E-state index contributed by atoms with van der Waals surface area (Å²) >= 11 is 5.67. The fourth-order valence-electron chi connectivity index (χ4n) is 4.26. The van der Waals surface area contributed by atoms with E-state index in [0.717, 1.165) is 6.42 Å². The van der Waals surface area contributed by atoms with Gasteiger partial charge in [0.15, 0.2) is 5.11 Å². The van der Waals surface area contributed by atoms with E-state index < -0.39 is 29.6 Å². The lowest BCUT2D eigenvalue weighted by atomic mass is 10.1. The van der Waals surface area contributed by atoms with Gasteiger partial charge in [0.2, 0.25) is 5.91 Å². The Morgan fingerprint density at radius 2 is 1.70 bits per heavy atom. The topological polar surface area (TPSA) is 88.2 Å². The Labute approximate surface area is 237 Å². The lowest BCUT2D eigenvalue weighted by Gasteiger charge is -2.24. The summed E-state index contributed by atoms with van der Waals surface area (Å²) in [5, 5.41) is 2.94. The second-order valence-electron chi connectivity index (χ2n) is 9.08. The Balaban J connectivity index is 1.55. The first kappa shape index (κ1) is 28.7. The van der Waals surface area contributed by atoms with Crippen LogP contribution in [0.3, 0.4) is 0 Å².